The van der Waals surface area contributed by atoms with E-state index in [-0.39, 0.29) is 10.7 Å². The van der Waals surface area contributed by atoms with Gasteiger partial charge in [-0.1, -0.05) is 21.1 Å². The molecule has 1 saturated heterocycles. The Morgan fingerprint density at radius 3 is 2.71 bits per heavy atom. The third-order valence-electron chi connectivity index (χ3n) is 2.34. The van der Waals surface area contributed by atoms with Crippen LogP contribution in [0.25, 0.3) is 0 Å². The Morgan fingerprint density at radius 1 is 1.57 bits per heavy atom. The molecule has 0 saturated carbocycles. The van der Waals surface area contributed by atoms with Crippen molar-refractivity contribution in [3.05, 3.63) is 11.5 Å². The molecule has 4 nitrogen and oxygen atoms in total. The minimum atomic E-state index is 0.126. The number of halogens is 1. The van der Waals surface area contributed by atoms with Crippen molar-refractivity contribution >= 4 is 27.5 Å². The molecule has 5 heteroatoms. The van der Waals surface area contributed by atoms with Crippen molar-refractivity contribution in [3.63, 3.8) is 0 Å². The SMILES string of the molecule is Cc1noc(C)c1N1CC(Br)CC1=O. The lowest BCUT2D eigenvalue weighted by Gasteiger charge is -2.14. The standard InChI is InChI=1S/C9H11BrN2O2/c1-5-9(6(2)14-11-5)12-4-7(10)3-8(12)13/h7H,3-4H2,1-2H3. The first-order valence-corrected chi connectivity index (χ1v) is 5.38. The summed E-state index contributed by atoms with van der Waals surface area (Å²) in [6.07, 6.45) is 0.546. The van der Waals surface area contributed by atoms with E-state index in [2.05, 4.69) is 21.1 Å². The van der Waals surface area contributed by atoms with Crippen molar-refractivity contribution in [1.82, 2.24) is 5.16 Å². The number of carbonyl (C=O) groups excluding carboxylic acids is 1. The first-order valence-electron chi connectivity index (χ1n) is 4.47. The van der Waals surface area contributed by atoms with Gasteiger partial charge in [0.15, 0.2) is 5.76 Å². The Morgan fingerprint density at radius 2 is 2.29 bits per heavy atom. The molecule has 14 heavy (non-hydrogen) atoms. The second-order valence-electron chi connectivity index (χ2n) is 3.48. The minimum Gasteiger partial charge on any atom is -0.359 e. The highest BCUT2D eigenvalue weighted by Gasteiger charge is 2.32. The first kappa shape index (κ1) is 9.71. The zero-order valence-corrected chi connectivity index (χ0v) is 9.67. The third kappa shape index (κ3) is 1.45. The van der Waals surface area contributed by atoms with Gasteiger partial charge in [0.1, 0.15) is 11.4 Å². The van der Waals surface area contributed by atoms with Crippen molar-refractivity contribution in [2.24, 2.45) is 0 Å². The van der Waals surface area contributed by atoms with Gasteiger partial charge in [0, 0.05) is 17.8 Å². The van der Waals surface area contributed by atoms with Crippen LogP contribution in [0.5, 0.6) is 0 Å². The second kappa shape index (κ2) is 3.38. The number of alkyl halides is 1. The molecular formula is C9H11BrN2O2. The smallest absolute Gasteiger partial charge is 0.228 e. The molecule has 76 valence electrons. The highest BCUT2D eigenvalue weighted by Crippen LogP contribution is 2.30. The second-order valence-corrected chi connectivity index (χ2v) is 4.77. The van der Waals surface area contributed by atoms with E-state index in [0.29, 0.717) is 18.7 Å². The molecule has 1 aliphatic rings. The number of rotatable bonds is 1. The summed E-state index contributed by atoms with van der Waals surface area (Å²) in [6.45, 7) is 4.37. The van der Waals surface area contributed by atoms with Crippen LogP contribution in [-0.2, 0) is 4.79 Å². The van der Waals surface area contributed by atoms with E-state index in [1.54, 1.807) is 4.90 Å². The van der Waals surface area contributed by atoms with Crippen LogP contribution in [-0.4, -0.2) is 22.4 Å². The summed E-state index contributed by atoms with van der Waals surface area (Å²) < 4.78 is 5.03. The van der Waals surface area contributed by atoms with E-state index in [1.165, 1.54) is 0 Å². The average Bonchev–Trinajstić information content (AvgIpc) is 2.57. The molecule has 1 fully saturated rings. The molecule has 1 amide bonds. The molecule has 1 aromatic heterocycles. The zero-order chi connectivity index (χ0) is 10.3. The average molecular weight is 259 g/mol. The van der Waals surface area contributed by atoms with Gasteiger partial charge in [0.2, 0.25) is 5.91 Å². The van der Waals surface area contributed by atoms with Gasteiger partial charge < -0.3 is 9.42 Å². The molecule has 0 N–H and O–H groups in total. The Labute approximate surface area is 90.4 Å². The van der Waals surface area contributed by atoms with Crippen molar-refractivity contribution in [3.8, 4) is 0 Å². The summed E-state index contributed by atoms with van der Waals surface area (Å²) in [5.41, 5.74) is 1.61. The van der Waals surface area contributed by atoms with Gasteiger partial charge in [0.05, 0.1) is 0 Å². The summed E-state index contributed by atoms with van der Waals surface area (Å²) in [4.78, 5) is 13.6. The lowest BCUT2D eigenvalue weighted by Crippen LogP contribution is -2.25. The minimum absolute atomic E-state index is 0.126. The molecule has 2 heterocycles. The van der Waals surface area contributed by atoms with Gasteiger partial charge in [0.25, 0.3) is 0 Å². The number of nitrogens with zero attached hydrogens (tertiary/aromatic N) is 2. The summed E-state index contributed by atoms with van der Waals surface area (Å²) in [6, 6.07) is 0. The van der Waals surface area contributed by atoms with Gasteiger partial charge >= 0.3 is 0 Å². The van der Waals surface area contributed by atoms with E-state index in [1.807, 2.05) is 13.8 Å². The zero-order valence-electron chi connectivity index (χ0n) is 8.08. The molecule has 0 aromatic carbocycles. The van der Waals surface area contributed by atoms with E-state index in [0.717, 1.165) is 11.4 Å². The van der Waals surface area contributed by atoms with Gasteiger partial charge in [-0.25, -0.2) is 0 Å². The molecule has 1 aromatic rings. The van der Waals surface area contributed by atoms with Crippen LogP contribution in [0.2, 0.25) is 0 Å². The topological polar surface area (TPSA) is 46.3 Å². The fourth-order valence-electron chi connectivity index (χ4n) is 1.74. The lowest BCUT2D eigenvalue weighted by molar-refractivity contribution is -0.117. The number of amides is 1. The number of hydrogen-bond donors (Lipinski definition) is 0. The molecule has 0 radical (unpaired) electrons. The summed E-state index contributed by atoms with van der Waals surface area (Å²) in [5, 5.41) is 3.84. The van der Waals surface area contributed by atoms with Crippen molar-refractivity contribution in [2.45, 2.75) is 25.1 Å². The number of aryl methyl sites for hydroxylation is 2. The lowest BCUT2D eigenvalue weighted by atomic mass is 10.3. The Kier molecular flexibility index (Phi) is 2.34. The summed E-state index contributed by atoms with van der Waals surface area (Å²) in [5.74, 6) is 0.832. The predicted octanol–water partition coefficient (Wildman–Crippen LogP) is 1.79. The normalized spacial score (nSPS) is 22.1. The molecule has 1 aliphatic heterocycles. The van der Waals surface area contributed by atoms with E-state index in [9.17, 15) is 4.79 Å². The van der Waals surface area contributed by atoms with E-state index < -0.39 is 0 Å². The maximum absolute atomic E-state index is 11.6. The van der Waals surface area contributed by atoms with Gasteiger partial charge in [-0.2, -0.15) is 0 Å². The Balaban J connectivity index is 2.36. The number of carbonyl (C=O) groups is 1. The van der Waals surface area contributed by atoms with Crippen molar-refractivity contribution in [2.75, 3.05) is 11.4 Å². The van der Waals surface area contributed by atoms with Gasteiger partial charge in [-0.3, -0.25) is 4.79 Å². The first-order chi connectivity index (χ1) is 6.59. The largest absolute Gasteiger partial charge is 0.359 e. The fourth-order valence-corrected chi connectivity index (χ4v) is 2.31. The van der Waals surface area contributed by atoms with Gasteiger partial charge in [-0.05, 0) is 13.8 Å². The van der Waals surface area contributed by atoms with E-state index in [4.69, 9.17) is 4.52 Å². The molecule has 1 atom stereocenters. The van der Waals surface area contributed by atoms with Crippen LogP contribution in [0, 0.1) is 13.8 Å². The molecule has 2 rings (SSSR count). The van der Waals surface area contributed by atoms with Gasteiger partial charge in [-0.15, -0.1) is 0 Å². The molecule has 1 unspecified atom stereocenters. The van der Waals surface area contributed by atoms with Crippen molar-refractivity contribution < 1.29 is 9.32 Å². The quantitative estimate of drug-likeness (QED) is 0.722. The molecule has 0 spiro atoms. The van der Waals surface area contributed by atoms with Crippen LogP contribution in [0.15, 0.2) is 4.52 Å². The summed E-state index contributed by atoms with van der Waals surface area (Å²) >= 11 is 3.44. The Hall–Kier alpha value is -0.840. The van der Waals surface area contributed by atoms with Crippen molar-refractivity contribution in [1.29, 1.82) is 0 Å². The highest BCUT2D eigenvalue weighted by molar-refractivity contribution is 9.09. The number of anilines is 1. The van der Waals surface area contributed by atoms with Crippen LogP contribution in [0.3, 0.4) is 0 Å². The highest BCUT2D eigenvalue weighted by atomic mass is 79.9. The summed E-state index contributed by atoms with van der Waals surface area (Å²) in [7, 11) is 0. The van der Waals surface area contributed by atoms with Crippen LogP contribution in [0.1, 0.15) is 17.9 Å². The van der Waals surface area contributed by atoms with Crippen LogP contribution >= 0.6 is 15.9 Å². The predicted molar refractivity (Wildman–Crippen MR) is 55.7 cm³/mol. The fraction of sp³-hybridized carbons (Fsp3) is 0.556. The maximum atomic E-state index is 11.6. The van der Waals surface area contributed by atoms with Crippen LogP contribution in [0.4, 0.5) is 5.69 Å². The molecular weight excluding hydrogens is 248 g/mol. The molecule has 0 bridgehead atoms. The number of aromatic nitrogens is 1. The Bertz CT molecular complexity index is 355. The monoisotopic (exact) mass is 258 g/mol. The number of hydrogen-bond acceptors (Lipinski definition) is 3. The third-order valence-corrected chi connectivity index (χ3v) is 2.96. The molecule has 0 aliphatic carbocycles. The van der Waals surface area contributed by atoms with E-state index >= 15 is 0 Å². The maximum Gasteiger partial charge on any atom is 0.228 e. The van der Waals surface area contributed by atoms with Crippen LogP contribution < -0.4 is 4.90 Å².